The van der Waals surface area contributed by atoms with Gasteiger partial charge in [-0.05, 0) is 12.1 Å². The van der Waals surface area contributed by atoms with Gasteiger partial charge in [-0.2, -0.15) is 0 Å². The summed E-state index contributed by atoms with van der Waals surface area (Å²) in [4.78, 5) is 26.3. The van der Waals surface area contributed by atoms with E-state index in [4.69, 9.17) is 34.8 Å². The lowest BCUT2D eigenvalue weighted by atomic mass is 10.3. The van der Waals surface area contributed by atoms with Gasteiger partial charge in [0.15, 0.2) is 6.54 Å². The molecule has 2 N–H and O–H groups in total. The van der Waals surface area contributed by atoms with Crippen molar-refractivity contribution in [2.24, 2.45) is 0 Å². The number of carbonyl (C=O) groups excluding carboxylic acids is 2. The van der Waals surface area contributed by atoms with E-state index in [9.17, 15) is 9.59 Å². The van der Waals surface area contributed by atoms with Crippen molar-refractivity contribution in [3.63, 3.8) is 0 Å². The topological polar surface area (TPSA) is 53.9 Å². The lowest BCUT2D eigenvalue weighted by molar-refractivity contribution is -0.895. The van der Waals surface area contributed by atoms with E-state index >= 15 is 0 Å². The van der Waals surface area contributed by atoms with E-state index in [2.05, 4.69) is 5.32 Å². The van der Waals surface area contributed by atoms with Crippen LogP contribution in [0.5, 0.6) is 0 Å². The van der Waals surface area contributed by atoms with Gasteiger partial charge in [0.2, 0.25) is 5.91 Å². The van der Waals surface area contributed by atoms with Crippen molar-refractivity contribution in [2.45, 2.75) is 6.92 Å². The third-order valence-electron chi connectivity index (χ3n) is 3.61. The highest BCUT2D eigenvalue weighted by Gasteiger charge is 2.23. The maximum Gasteiger partial charge on any atom is 0.279 e. The van der Waals surface area contributed by atoms with E-state index in [0.29, 0.717) is 40.4 Å². The summed E-state index contributed by atoms with van der Waals surface area (Å²) >= 11 is 17.8. The largest absolute Gasteiger partial charge is 0.332 e. The summed E-state index contributed by atoms with van der Waals surface area (Å²) in [5, 5.41) is 3.77. The Hall–Kier alpha value is -1.01. The lowest BCUT2D eigenvalue weighted by Gasteiger charge is -2.31. The highest BCUT2D eigenvalue weighted by atomic mass is 35.5. The Morgan fingerprint density at radius 3 is 2.32 bits per heavy atom. The average Bonchev–Trinajstić information content (AvgIpc) is 2.45. The number of amides is 2. The predicted octanol–water partition coefficient (Wildman–Crippen LogP) is 1.33. The molecule has 0 unspecified atom stereocenters. The van der Waals surface area contributed by atoms with E-state index in [1.54, 1.807) is 11.8 Å². The monoisotopic (exact) mass is 364 g/mol. The SMILES string of the molecule is CC(=O)N1CC[NH+](CC(=O)Nc2cc(Cl)c(Cl)cc2Cl)CC1. The van der Waals surface area contributed by atoms with E-state index in [-0.39, 0.29) is 11.8 Å². The number of quaternary nitrogens is 1. The van der Waals surface area contributed by atoms with Gasteiger partial charge in [0.05, 0.1) is 46.9 Å². The van der Waals surface area contributed by atoms with Crippen LogP contribution >= 0.6 is 34.8 Å². The van der Waals surface area contributed by atoms with Gasteiger partial charge in [-0.3, -0.25) is 9.59 Å². The molecule has 1 aromatic carbocycles. The molecule has 1 heterocycles. The van der Waals surface area contributed by atoms with Crippen LogP contribution in [-0.2, 0) is 9.59 Å². The number of benzene rings is 1. The van der Waals surface area contributed by atoms with Crippen molar-refractivity contribution in [3.8, 4) is 0 Å². The van der Waals surface area contributed by atoms with Crippen LogP contribution in [0.15, 0.2) is 12.1 Å². The molecule has 1 aliphatic rings. The lowest BCUT2D eigenvalue weighted by Crippen LogP contribution is -3.15. The Labute approximate surface area is 144 Å². The molecule has 1 aliphatic heterocycles. The molecule has 0 aromatic heterocycles. The second kappa shape index (κ2) is 7.51. The number of hydrogen-bond donors (Lipinski definition) is 2. The maximum atomic E-state index is 12.1. The predicted molar refractivity (Wildman–Crippen MR) is 87.9 cm³/mol. The standard InChI is InChI=1S/C14H16Cl3N3O2/c1-9(21)20-4-2-19(3-5-20)8-14(22)18-13-7-11(16)10(15)6-12(13)17/h6-7H,2-5,8H2,1H3,(H,18,22)/p+1. The second-order valence-corrected chi connectivity index (χ2v) is 6.45. The molecule has 5 nitrogen and oxygen atoms in total. The number of hydrogen-bond acceptors (Lipinski definition) is 2. The molecule has 0 aliphatic carbocycles. The summed E-state index contributed by atoms with van der Waals surface area (Å²) in [7, 11) is 0. The molecule has 1 saturated heterocycles. The fraction of sp³-hybridized carbons (Fsp3) is 0.429. The van der Waals surface area contributed by atoms with Crippen LogP contribution in [-0.4, -0.2) is 49.4 Å². The quantitative estimate of drug-likeness (QED) is 0.794. The van der Waals surface area contributed by atoms with E-state index in [0.717, 1.165) is 18.0 Å². The van der Waals surface area contributed by atoms with Gasteiger partial charge in [-0.15, -0.1) is 0 Å². The van der Waals surface area contributed by atoms with Crippen LogP contribution in [0.3, 0.4) is 0 Å². The molecule has 0 saturated carbocycles. The fourth-order valence-corrected chi connectivity index (χ4v) is 2.95. The van der Waals surface area contributed by atoms with E-state index in [1.165, 1.54) is 12.1 Å². The summed E-state index contributed by atoms with van der Waals surface area (Å²) in [5.74, 6) is -0.0716. The van der Waals surface area contributed by atoms with Crippen LogP contribution < -0.4 is 10.2 Å². The van der Waals surface area contributed by atoms with E-state index < -0.39 is 0 Å². The molecule has 2 amide bonds. The van der Waals surface area contributed by atoms with Crippen molar-refractivity contribution in [1.29, 1.82) is 0 Å². The molecule has 0 spiro atoms. The van der Waals surface area contributed by atoms with Gasteiger partial charge in [-0.25, -0.2) is 0 Å². The summed E-state index contributed by atoms with van der Waals surface area (Å²) in [6.45, 7) is 4.73. The first kappa shape index (κ1) is 17.3. The number of anilines is 1. The Balaban J connectivity index is 1.89. The smallest absolute Gasteiger partial charge is 0.279 e. The molecule has 8 heteroatoms. The first-order chi connectivity index (χ1) is 10.4. The zero-order chi connectivity index (χ0) is 16.3. The van der Waals surface area contributed by atoms with Crippen molar-refractivity contribution in [1.82, 2.24) is 4.90 Å². The minimum absolute atomic E-state index is 0.0751. The van der Waals surface area contributed by atoms with Gasteiger partial charge < -0.3 is 15.1 Å². The normalized spacial score (nSPS) is 15.7. The minimum Gasteiger partial charge on any atom is -0.332 e. The number of nitrogens with one attached hydrogen (secondary N) is 2. The first-order valence-electron chi connectivity index (χ1n) is 6.90. The van der Waals surface area contributed by atoms with Gasteiger partial charge in [0.25, 0.3) is 5.91 Å². The van der Waals surface area contributed by atoms with Crippen LogP contribution in [0.25, 0.3) is 0 Å². The van der Waals surface area contributed by atoms with Gasteiger partial charge in [0, 0.05) is 6.92 Å². The van der Waals surface area contributed by atoms with Crippen molar-refractivity contribution >= 4 is 52.3 Å². The van der Waals surface area contributed by atoms with Crippen LogP contribution in [0.4, 0.5) is 5.69 Å². The van der Waals surface area contributed by atoms with Gasteiger partial charge >= 0.3 is 0 Å². The molecular weight excluding hydrogens is 349 g/mol. The molecular formula is C14H17Cl3N3O2+. The Morgan fingerprint density at radius 2 is 1.73 bits per heavy atom. The van der Waals surface area contributed by atoms with Gasteiger partial charge in [-0.1, -0.05) is 34.8 Å². The third kappa shape index (κ3) is 4.49. The molecule has 0 radical (unpaired) electrons. The van der Waals surface area contributed by atoms with Crippen LogP contribution in [0, 0.1) is 0 Å². The second-order valence-electron chi connectivity index (χ2n) is 5.23. The summed E-state index contributed by atoms with van der Waals surface area (Å²) in [5.41, 5.74) is 0.447. The van der Waals surface area contributed by atoms with Crippen LogP contribution in [0.2, 0.25) is 15.1 Å². The van der Waals surface area contributed by atoms with Gasteiger partial charge in [0.1, 0.15) is 0 Å². The highest BCUT2D eigenvalue weighted by Crippen LogP contribution is 2.32. The molecule has 1 fully saturated rings. The summed E-state index contributed by atoms with van der Waals surface area (Å²) < 4.78 is 0. The number of carbonyl (C=O) groups is 2. The zero-order valence-corrected chi connectivity index (χ0v) is 14.4. The summed E-state index contributed by atoms with van der Waals surface area (Å²) in [6, 6.07) is 3.03. The molecule has 0 bridgehead atoms. The molecule has 0 atom stereocenters. The van der Waals surface area contributed by atoms with Crippen LogP contribution in [0.1, 0.15) is 6.92 Å². The van der Waals surface area contributed by atoms with Crippen molar-refractivity contribution in [3.05, 3.63) is 27.2 Å². The van der Waals surface area contributed by atoms with Crippen molar-refractivity contribution in [2.75, 3.05) is 38.0 Å². The minimum atomic E-state index is -0.147. The average molecular weight is 366 g/mol. The maximum absolute atomic E-state index is 12.1. The molecule has 2 rings (SSSR count). The Morgan fingerprint density at radius 1 is 1.14 bits per heavy atom. The van der Waals surface area contributed by atoms with E-state index in [1.807, 2.05) is 0 Å². The number of nitrogens with zero attached hydrogens (tertiary/aromatic N) is 1. The fourth-order valence-electron chi connectivity index (χ4n) is 2.35. The Kier molecular flexibility index (Phi) is 5.92. The molecule has 120 valence electrons. The first-order valence-corrected chi connectivity index (χ1v) is 8.03. The zero-order valence-electron chi connectivity index (χ0n) is 12.1. The molecule has 22 heavy (non-hydrogen) atoms. The highest BCUT2D eigenvalue weighted by molar-refractivity contribution is 6.44. The molecule has 1 aromatic rings. The summed E-state index contributed by atoms with van der Waals surface area (Å²) in [6.07, 6.45) is 0. The number of piperazine rings is 1. The number of rotatable bonds is 3. The third-order valence-corrected chi connectivity index (χ3v) is 4.65. The number of halogens is 3. The Bertz CT molecular complexity index is 587. The van der Waals surface area contributed by atoms with Crippen molar-refractivity contribution < 1.29 is 14.5 Å².